The molecule has 5 aromatic rings. The molecule has 0 unspecified atom stereocenters. The standard InChI is InChI=1S/C30H26N4O5/c31-25(36)15-24(30(39)33-23(28(32)37)14-16-4-10-20(35)11-5-16)34-29(38)22-13-9-19-7-6-17-2-1-3-18-8-12-21(22)27(19)26(17)18/h1-13,23-24,35H,14-15H2,(H2,31,36)(H2,32,37)(H,33,39)(H,34,38)/t23-,24-/m0/s1. The van der Waals surface area contributed by atoms with Crippen molar-refractivity contribution in [2.24, 2.45) is 11.5 Å². The number of nitrogens with two attached hydrogens (primary N) is 2. The fourth-order valence-electron chi connectivity index (χ4n) is 4.94. The van der Waals surface area contributed by atoms with Crippen LogP contribution in [0.3, 0.4) is 0 Å². The second-order valence-electron chi connectivity index (χ2n) is 9.50. The summed E-state index contributed by atoms with van der Waals surface area (Å²) < 4.78 is 0. The van der Waals surface area contributed by atoms with Crippen LogP contribution in [0.2, 0.25) is 0 Å². The molecule has 0 radical (unpaired) electrons. The van der Waals surface area contributed by atoms with Gasteiger partial charge in [-0.05, 0) is 56.1 Å². The summed E-state index contributed by atoms with van der Waals surface area (Å²) in [5.74, 6) is -2.90. The highest BCUT2D eigenvalue weighted by Crippen LogP contribution is 2.35. The zero-order valence-electron chi connectivity index (χ0n) is 20.8. The number of carbonyl (C=O) groups is 4. The van der Waals surface area contributed by atoms with Gasteiger partial charge in [-0.1, -0.05) is 60.7 Å². The Morgan fingerprint density at radius 2 is 1.33 bits per heavy atom. The van der Waals surface area contributed by atoms with Gasteiger partial charge >= 0.3 is 0 Å². The molecule has 5 aromatic carbocycles. The number of benzene rings is 5. The summed E-state index contributed by atoms with van der Waals surface area (Å²) in [5.41, 5.74) is 11.9. The van der Waals surface area contributed by atoms with Crippen LogP contribution < -0.4 is 22.1 Å². The SMILES string of the molecule is NC(=O)C[C@H](NC(=O)c1ccc2ccc3cccc4ccc1c2c34)C(=O)N[C@@H](Cc1ccc(O)cc1)C(N)=O. The van der Waals surface area contributed by atoms with Crippen LogP contribution in [0.5, 0.6) is 5.75 Å². The summed E-state index contributed by atoms with van der Waals surface area (Å²) in [6, 6.07) is 21.0. The molecular weight excluding hydrogens is 496 g/mol. The van der Waals surface area contributed by atoms with E-state index in [4.69, 9.17) is 11.5 Å². The summed E-state index contributed by atoms with van der Waals surface area (Å²) in [6.07, 6.45) is -0.429. The monoisotopic (exact) mass is 522 g/mol. The van der Waals surface area contributed by atoms with Gasteiger partial charge in [0.15, 0.2) is 0 Å². The predicted octanol–water partition coefficient (Wildman–Crippen LogP) is 2.48. The molecule has 0 aromatic heterocycles. The van der Waals surface area contributed by atoms with E-state index in [2.05, 4.69) is 10.6 Å². The van der Waals surface area contributed by atoms with E-state index in [1.54, 1.807) is 18.2 Å². The quantitative estimate of drug-likeness (QED) is 0.187. The van der Waals surface area contributed by atoms with Crippen molar-refractivity contribution in [2.45, 2.75) is 24.9 Å². The van der Waals surface area contributed by atoms with Crippen molar-refractivity contribution < 1.29 is 24.3 Å². The molecule has 0 aliphatic heterocycles. The number of hydrogen-bond donors (Lipinski definition) is 5. The molecule has 0 heterocycles. The van der Waals surface area contributed by atoms with Crippen molar-refractivity contribution in [3.63, 3.8) is 0 Å². The molecule has 4 amide bonds. The van der Waals surface area contributed by atoms with Crippen molar-refractivity contribution in [1.82, 2.24) is 10.6 Å². The Labute approximate surface area is 223 Å². The average Bonchev–Trinajstić information content (AvgIpc) is 2.91. The second-order valence-corrected chi connectivity index (χ2v) is 9.50. The van der Waals surface area contributed by atoms with Crippen LogP contribution in [0.25, 0.3) is 32.3 Å². The first-order valence-corrected chi connectivity index (χ1v) is 12.3. The number of primary amides is 2. The summed E-state index contributed by atoms with van der Waals surface area (Å²) in [5, 5.41) is 20.3. The van der Waals surface area contributed by atoms with Crippen molar-refractivity contribution >= 4 is 55.9 Å². The molecule has 0 bridgehead atoms. The summed E-state index contributed by atoms with van der Waals surface area (Å²) in [7, 11) is 0. The Balaban J connectivity index is 1.42. The Kier molecular flexibility index (Phi) is 6.72. The van der Waals surface area contributed by atoms with E-state index in [0.29, 0.717) is 16.5 Å². The van der Waals surface area contributed by atoms with Gasteiger partial charge in [0.25, 0.3) is 5.91 Å². The van der Waals surface area contributed by atoms with E-state index < -0.39 is 42.1 Å². The first-order chi connectivity index (χ1) is 18.7. The van der Waals surface area contributed by atoms with Crippen molar-refractivity contribution in [2.75, 3.05) is 0 Å². The number of nitrogens with one attached hydrogen (secondary N) is 2. The van der Waals surface area contributed by atoms with Crippen LogP contribution in [0.15, 0.2) is 78.9 Å². The van der Waals surface area contributed by atoms with Crippen LogP contribution in [-0.2, 0) is 20.8 Å². The molecule has 0 fully saturated rings. The minimum Gasteiger partial charge on any atom is -0.508 e. The van der Waals surface area contributed by atoms with Gasteiger partial charge < -0.3 is 27.2 Å². The fraction of sp³-hybridized carbons (Fsp3) is 0.133. The van der Waals surface area contributed by atoms with Crippen LogP contribution in [-0.4, -0.2) is 40.8 Å². The van der Waals surface area contributed by atoms with Gasteiger partial charge in [-0.3, -0.25) is 19.2 Å². The van der Waals surface area contributed by atoms with Crippen LogP contribution in [0, 0.1) is 0 Å². The predicted molar refractivity (Wildman–Crippen MR) is 148 cm³/mol. The zero-order chi connectivity index (χ0) is 27.7. The molecule has 9 heteroatoms. The highest BCUT2D eigenvalue weighted by atomic mass is 16.3. The third kappa shape index (κ3) is 5.15. The molecule has 0 saturated heterocycles. The number of amides is 4. The van der Waals surface area contributed by atoms with E-state index in [9.17, 15) is 24.3 Å². The lowest BCUT2D eigenvalue weighted by atomic mass is 9.91. The molecule has 39 heavy (non-hydrogen) atoms. The third-order valence-corrected chi connectivity index (χ3v) is 6.84. The maximum absolute atomic E-state index is 13.5. The summed E-state index contributed by atoms with van der Waals surface area (Å²) in [4.78, 5) is 50.5. The van der Waals surface area contributed by atoms with Gasteiger partial charge in [0.2, 0.25) is 17.7 Å². The van der Waals surface area contributed by atoms with Gasteiger partial charge in [0.1, 0.15) is 17.8 Å². The van der Waals surface area contributed by atoms with E-state index in [0.717, 1.165) is 26.9 Å². The van der Waals surface area contributed by atoms with Gasteiger partial charge in [-0.2, -0.15) is 0 Å². The Hall–Kier alpha value is -5.18. The average molecular weight is 523 g/mol. The van der Waals surface area contributed by atoms with Gasteiger partial charge in [0, 0.05) is 12.0 Å². The minimum absolute atomic E-state index is 0.0492. The first-order valence-electron chi connectivity index (χ1n) is 12.3. The van der Waals surface area contributed by atoms with E-state index in [1.165, 1.54) is 12.1 Å². The number of phenols is 1. The van der Waals surface area contributed by atoms with Crippen molar-refractivity contribution in [3.05, 3.63) is 90.0 Å². The number of rotatable bonds is 9. The van der Waals surface area contributed by atoms with E-state index in [1.807, 2.05) is 48.5 Å². The molecule has 0 spiro atoms. The van der Waals surface area contributed by atoms with E-state index >= 15 is 0 Å². The lowest BCUT2D eigenvalue weighted by molar-refractivity contribution is -0.130. The molecule has 2 atom stereocenters. The molecule has 196 valence electrons. The Morgan fingerprint density at radius 1 is 0.718 bits per heavy atom. The molecule has 9 nitrogen and oxygen atoms in total. The Morgan fingerprint density at radius 3 is 1.97 bits per heavy atom. The first kappa shape index (κ1) is 25.5. The normalized spacial score (nSPS) is 12.8. The van der Waals surface area contributed by atoms with Gasteiger partial charge in [-0.25, -0.2) is 0 Å². The molecule has 0 aliphatic rings. The number of phenolic OH excluding ortho intramolecular Hbond substituents is 1. The topological polar surface area (TPSA) is 165 Å². The third-order valence-electron chi connectivity index (χ3n) is 6.84. The number of aromatic hydroxyl groups is 1. The number of hydrogen-bond acceptors (Lipinski definition) is 5. The lowest BCUT2D eigenvalue weighted by Crippen LogP contribution is -2.54. The van der Waals surface area contributed by atoms with E-state index in [-0.39, 0.29) is 12.2 Å². The maximum atomic E-state index is 13.5. The van der Waals surface area contributed by atoms with Gasteiger partial charge in [0.05, 0.1) is 6.42 Å². The van der Waals surface area contributed by atoms with Crippen molar-refractivity contribution in [1.29, 1.82) is 0 Å². The second kappa shape index (κ2) is 10.3. The largest absolute Gasteiger partial charge is 0.508 e. The zero-order valence-corrected chi connectivity index (χ0v) is 20.8. The molecular formula is C30H26N4O5. The van der Waals surface area contributed by atoms with Crippen LogP contribution in [0.4, 0.5) is 0 Å². The summed E-state index contributed by atoms with van der Waals surface area (Å²) >= 11 is 0. The van der Waals surface area contributed by atoms with Crippen LogP contribution >= 0.6 is 0 Å². The molecule has 5 rings (SSSR count). The number of carbonyl (C=O) groups excluding carboxylic acids is 4. The minimum atomic E-state index is -1.34. The Bertz CT molecular complexity index is 1720. The lowest BCUT2D eigenvalue weighted by Gasteiger charge is -2.22. The molecule has 0 aliphatic carbocycles. The highest BCUT2D eigenvalue weighted by Gasteiger charge is 2.28. The smallest absolute Gasteiger partial charge is 0.252 e. The maximum Gasteiger partial charge on any atom is 0.252 e. The highest BCUT2D eigenvalue weighted by molar-refractivity contribution is 6.26. The molecule has 0 saturated carbocycles. The van der Waals surface area contributed by atoms with Crippen LogP contribution in [0.1, 0.15) is 22.3 Å². The molecule has 7 N–H and O–H groups in total. The van der Waals surface area contributed by atoms with Gasteiger partial charge in [-0.15, -0.1) is 0 Å². The fourth-order valence-corrected chi connectivity index (χ4v) is 4.94. The summed E-state index contributed by atoms with van der Waals surface area (Å²) in [6.45, 7) is 0. The van der Waals surface area contributed by atoms with Crippen molar-refractivity contribution in [3.8, 4) is 5.75 Å².